The molecule has 0 aromatic heterocycles. The van der Waals surface area contributed by atoms with Crippen LogP contribution in [0.2, 0.25) is 0 Å². The van der Waals surface area contributed by atoms with Crippen LogP contribution in [0.1, 0.15) is 30.5 Å². The van der Waals surface area contributed by atoms with Gasteiger partial charge in [0.2, 0.25) is 0 Å². The average Bonchev–Trinajstić information content (AvgIpc) is 2.29. The molecule has 18 heavy (non-hydrogen) atoms. The molecule has 102 valence electrons. The van der Waals surface area contributed by atoms with E-state index in [1.165, 1.54) is 16.7 Å². The summed E-state index contributed by atoms with van der Waals surface area (Å²) in [5, 5.41) is 0. The van der Waals surface area contributed by atoms with E-state index in [2.05, 4.69) is 55.8 Å². The van der Waals surface area contributed by atoms with Crippen LogP contribution in [0.15, 0.2) is 23.2 Å². The Hall–Kier alpha value is -0.780. The third kappa shape index (κ3) is 4.84. The van der Waals surface area contributed by atoms with E-state index in [0.717, 1.165) is 13.1 Å². The minimum absolute atomic E-state index is 0. The van der Waals surface area contributed by atoms with Gasteiger partial charge in [-0.15, -0.1) is 24.0 Å². The molecule has 1 aromatic carbocycles. The van der Waals surface area contributed by atoms with Crippen molar-refractivity contribution < 1.29 is 0 Å². The quantitative estimate of drug-likeness (QED) is 0.509. The summed E-state index contributed by atoms with van der Waals surface area (Å²) in [7, 11) is 0. The van der Waals surface area contributed by atoms with E-state index < -0.39 is 0 Å². The third-order valence-electron chi connectivity index (χ3n) is 3.00. The Morgan fingerprint density at radius 3 is 2.33 bits per heavy atom. The van der Waals surface area contributed by atoms with Gasteiger partial charge in [0.1, 0.15) is 0 Å². The van der Waals surface area contributed by atoms with Crippen LogP contribution in [0.25, 0.3) is 0 Å². The van der Waals surface area contributed by atoms with Gasteiger partial charge < -0.3 is 10.6 Å². The first kappa shape index (κ1) is 17.2. The summed E-state index contributed by atoms with van der Waals surface area (Å²) in [6, 6.07) is 6.42. The summed E-state index contributed by atoms with van der Waals surface area (Å²) in [5.74, 6) is 0.634. The maximum atomic E-state index is 5.94. The smallest absolute Gasteiger partial charge is 0.191 e. The molecule has 0 heterocycles. The van der Waals surface area contributed by atoms with Gasteiger partial charge in [-0.1, -0.05) is 23.8 Å². The molecule has 0 unspecified atom stereocenters. The van der Waals surface area contributed by atoms with Crippen molar-refractivity contribution in [1.82, 2.24) is 4.90 Å². The standard InChI is InChI=1S/C14H23N3.HI/c1-5-17(6-2)14(15)16-10-13-8-7-11(3)9-12(13)4;/h7-9H,5-6,10H2,1-4H3,(H2,15,16);1H. The number of hydrogen-bond donors (Lipinski definition) is 1. The van der Waals surface area contributed by atoms with E-state index in [0.29, 0.717) is 12.5 Å². The Bertz CT molecular complexity index is 398. The van der Waals surface area contributed by atoms with Crippen molar-refractivity contribution in [2.75, 3.05) is 13.1 Å². The van der Waals surface area contributed by atoms with Crippen LogP contribution >= 0.6 is 24.0 Å². The zero-order valence-corrected chi connectivity index (χ0v) is 14.1. The van der Waals surface area contributed by atoms with Crippen molar-refractivity contribution in [3.8, 4) is 0 Å². The van der Waals surface area contributed by atoms with E-state index in [1.807, 2.05) is 0 Å². The molecule has 0 saturated heterocycles. The number of aryl methyl sites for hydroxylation is 2. The van der Waals surface area contributed by atoms with Gasteiger partial charge in [0.15, 0.2) is 5.96 Å². The van der Waals surface area contributed by atoms with Gasteiger partial charge >= 0.3 is 0 Å². The number of aliphatic imine (C=N–C) groups is 1. The van der Waals surface area contributed by atoms with Crippen LogP contribution in [0.3, 0.4) is 0 Å². The SMILES string of the molecule is CCN(CC)C(N)=NCc1ccc(C)cc1C.I. The highest BCUT2D eigenvalue weighted by Gasteiger charge is 2.02. The first-order valence-corrected chi connectivity index (χ1v) is 6.19. The predicted octanol–water partition coefficient (Wildman–Crippen LogP) is 3.08. The van der Waals surface area contributed by atoms with E-state index in [-0.39, 0.29) is 24.0 Å². The molecule has 0 aliphatic carbocycles. The zero-order valence-electron chi connectivity index (χ0n) is 11.7. The summed E-state index contributed by atoms with van der Waals surface area (Å²) in [5.41, 5.74) is 9.75. The van der Waals surface area contributed by atoms with Crippen molar-refractivity contribution in [3.63, 3.8) is 0 Å². The molecule has 0 atom stereocenters. The first-order chi connectivity index (χ1) is 8.08. The van der Waals surface area contributed by atoms with Crippen LogP contribution in [-0.4, -0.2) is 23.9 Å². The lowest BCUT2D eigenvalue weighted by Gasteiger charge is -2.19. The van der Waals surface area contributed by atoms with Crippen LogP contribution in [0, 0.1) is 13.8 Å². The molecule has 0 spiro atoms. The molecule has 3 nitrogen and oxygen atoms in total. The lowest BCUT2D eigenvalue weighted by Crippen LogP contribution is -2.37. The second-order valence-electron chi connectivity index (χ2n) is 4.28. The summed E-state index contributed by atoms with van der Waals surface area (Å²) >= 11 is 0. The van der Waals surface area contributed by atoms with Gasteiger partial charge in [-0.25, -0.2) is 4.99 Å². The Balaban J connectivity index is 0.00000289. The highest BCUT2D eigenvalue weighted by molar-refractivity contribution is 14.0. The second-order valence-corrected chi connectivity index (χ2v) is 4.28. The Morgan fingerprint density at radius 1 is 1.22 bits per heavy atom. The number of hydrogen-bond acceptors (Lipinski definition) is 1. The van der Waals surface area contributed by atoms with Gasteiger partial charge in [0.25, 0.3) is 0 Å². The van der Waals surface area contributed by atoms with Gasteiger partial charge in [-0.2, -0.15) is 0 Å². The highest BCUT2D eigenvalue weighted by Crippen LogP contribution is 2.11. The predicted molar refractivity (Wildman–Crippen MR) is 89.6 cm³/mol. The highest BCUT2D eigenvalue weighted by atomic mass is 127. The molecular weight excluding hydrogens is 337 g/mol. The summed E-state index contributed by atoms with van der Waals surface area (Å²) in [6.07, 6.45) is 0. The van der Waals surface area contributed by atoms with Crippen molar-refractivity contribution in [2.24, 2.45) is 10.7 Å². The van der Waals surface area contributed by atoms with Crippen LogP contribution < -0.4 is 5.73 Å². The van der Waals surface area contributed by atoms with Crippen LogP contribution in [0.5, 0.6) is 0 Å². The Morgan fingerprint density at radius 2 is 1.83 bits per heavy atom. The fourth-order valence-electron chi connectivity index (χ4n) is 1.84. The van der Waals surface area contributed by atoms with Crippen molar-refractivity contribution >= 4 is 29.9 Å². The maximum absolute atomic E-state index is 5.94. The topological polar surface area (TPSA) is 41.6 Å². The van der Waals surface area contributed by atoms with E-state index in [1.54, 1.807) is 0 Å². The lowest BCUT2D eigenvalue weighted by molar-refractivity contribution is 0.458. The third-order valence-corrected chi connectivity index (χ3v) is 3.00. The van der Waals surface area contributed by atoms with Gasteiger partial charge in [0, 0.05) is 13.1 Å². The van der Waals surface area contributed by atoms with E-state index in [9.17, 15) is 0 Å². The zero-order chi connectivity index (χ0) is 12.8. The van der Waals surface area contributed by atoms with Crippen LogP contribution in [-0.2, 0) is 6.54 Å². The van der Waals surface area contributed by atoms with Gasteiger partial charge in [-0.05, 0) is 38.8 Å². The Kier molecular flexibility index (Phi) is 7.98. The summed E-state index contributed by atoms with van der Waals surface area (Å²) < 4.78 is 0. The molecule has 4 heteroatoms. The number of rotatable bonds is 4. The number of nitrogens with zero attached hydrogens (tertiary/aromatic N) is 2. The minimum Gasteiger partial charge on any atom is -0.370 e. The molecule has 0 radical (unpaired) electrons. The monoisotopic (exact) mass is 361 g/mol. The molecule has 1 aromatic rings. The number of benzene rings is 1. The van der Waals surface area contributed by atoms with Crippen molar-refractivity contribution in [1.29, 1.82) is 0 Å². The van der Waals surface area contributed by atoms with E-state index >= 15 is 0 Å². The molecule has 0 aliphatic heterocycles. The molecule has 0 saturated carbocycles. The van der Waals surface area contributed by atoms with Gasteiger partial charge in [0.05, 0.1) is 6.54 Å². The second kappa shape index (κ2) is 8.34. The largest absolute Gasteiger partial charge is 0.370 e. The van der Waals surface area contributed by atoms with Crippen LogP contribution in [0.4, 0.5) is 0 Å². The normalized spacial score (nSPS) is 11.0. The number of guanidine groups is 1. The number of nitrogens with two attached hydrogens (primary N) is 1. The Labute approximate surface area is 127 Å². The molecule has 0 aliphatic rings. The molecule has 0 amide bonds. The van der Waals surface area contributed by atoms with E-state index in [4.69, 9.17) is 5.73 Å². The fraction of sp³-hybridized carbons (Fsp3) is 0.500. The fourth-order valence-corrected chi connectivity index (χ4v) is 1.84. The van der Waals surface area contributed by atoms with Crippen molar-refractivity contribution in [3.05, 3.63) is 34.9 Å². The summed E-state index contributed by atoms with van der Waals surface area (Å²) in [6.45, 7) is 10.9. The number of halogens is 1. The lowest BCUT2D eigenvalue weighted by atomic mass is 10.1. The molecular formula is C14H24IN3. The van der Waals surface area contributed by atoms with Gasteiger partial charge in [-0.3, -0.25) is 0 Å². The average molecular weight is 361 g/mol. The summed E-state index contributed by atoms with van der Waals surface area (Å²) in [4.78, 5) is 6.51. The van der Waals surface area contributed by atoms with Crippen molar-refractivity contribution in [2.45, 2.75) is 34.2 Å². The molecule has 1 rings (SSSR count). The molecule has 0 fully saturated rings. The molecule has 0 bridgehead atoms. The molecule has 2 N–H and O–H groups in total. The minimum atomic E-state index is 0. The first-order valence-electron chi connectivity index (χ1n) is 6.19. The maximum Gasteiger partial charge on any atom is 0.191 e.